The Hall–Kier alpha value is -4.96. The minimum Gasteiger partial charge on any atom is -0.497 e. The van der Waals surface area contributed by atoms with E-state index >= 15 is 0 Å². The van der Waals surface area contributed by atoms with Crippen molar-refractivity contribution < 1.29 is 14.3 Å². The molecule has 43 heavy (non-hydrogen) atoms. The molecule has 10 nitrogen and oxygen atoms in total. The van der Waals surface area contributed by atoms with Crippen molar-refractivity contribution >= 4 is 28.6 Å². The van der Waals surface area contributed by atoms with Crippen LogP contribution >= 0.6 is 0 Å². The summed E-state index contributed by atoms with van der Waals surface area (Å²) in [5.41, 5.74) is 3.55. The minimum atomic E-state index is -0.213. The van der Waals surface area contributed by atoms with Crippen molar-refractivity contribution in [1.29, 1.82) is 0 Å². The molecule has 1 saturated carbocycles. The molecule has 3 N–H and O–H groups in total. The zero-order valence-corrected chi connectivity index (χ0v) is 23.9. The number of hydrogen-bond acceptors (Lipinski definition) is 8. The number of rotatable bonds is 10. The molecule has 0 bridgehead atoms. The third-order valence-electron chi connectivity index (χ3n) is 7.91. The van der Waals surface area contributed by atoms with E-state index in [0.717, 1.165) is 47.7 Å². The van der Waals surface area contributed by atoms with Gasteiger partial charge in [-0.05, 0) is 91.4 Å². The largest absolute Gasteiger partial charge is 0.497 e. The maximum absolute atomic E-state index is 12.9. The third-order valence-corrected chi connectivity index (χ3v) is 7.91. The highest BCUT2D eigenvalue weighted by molar-refractivity contribution is 6.03. The Bertz CT molecular complexity index is 1740. The molecule has 7 rings (SSSR count). The van der Waals surface area contributed by atoms with Crippen molar-refractivity contribution in [3.05, 3.63) is 95.8 Å². The maximum Gasteiger partial charge on any atom is 0.256 e. The summed E-state index contributed by atoms with van der Waals surface area (Å²) in [5, 5.41) is 15.7. The lowest BCUT2D eigenvalue weighted by molar-refractivity contribution is 0.102. The number of hydrogen-bond donors (Lipinski definition) is 3. The summed E-state index contributed by atoms with van der Waals surface area (Å²) in [6, 6.07) is 21.1. The number of ether oxygens (including phenoxy) is 2. The second-order valence-electron chi connectivity index (χ2n) is 11.0. The first-order valence-corrected chi connectivity index (χ1v) is 14.6. The summed E-state index contributed by atoms with van der Waals surface area (Å²) >= 11 is 0. The Morgan fingerprint density at radius 3 is 2.51 bits per heavy atom. The standard InChI is InChI=1S/C33H33N7O3/c1-42-26-8-2-21(3-9-26)20-40-32-30(31(39-40)37-25-13-15-34-19-25)28(14-17-36-32)43-27-10-6-23(7-11-27)33(41)38-29-18-24(12-16-35-29)22-4-5-22/h2-3,6-12,14,16-18,22,25,34H,4-5,13,15,19-20H2,1H3,(H,37,39)(H,35,38,41)/t25-/m1/s1. The van der Waals surface area contributed by atoms with Gasteiger partial charge in [-0.3, -0.25) is 4.79 Å². The van der Waals surface area contributed by atoms with E-state index in [9.17, 15) is 4.79 Å². The quantitative estimate of drug-likeness (QED) is 0.198. The molecule has 2 aliphatic rings. The Kier molecular flexibility index (Phi) is 7.34. The summed E-state index contributed by atoms with van der Waals surface area (Å²) in [5.74, 6) is 3.73. The highest BCUT2D eigenvalue weighted by Crippen LogP contribution is 2.40. The van der Waals surface area contributed by atoms with Gasteiger partial charge < -0.3 is 25.4 Å². The normalized spacial score (nSPS) is 16.3. The van der Waals surface area contributed by atoms with Crippen molar-refractivity contribution in [1.82, 2.24) is 25.1 Å². The second-order valence-corrected chi connectivity index (χ2v) is 11.0. The highest BCUT2D eigenvalue weighted by atomic mass is 16.5. The van der Waals surface area contributed by atoms with E-state index in [1.807, 2.05) is 47.1 Å². The number of pyridine rings is 2. The molecular formula is C33H33N7O3. The Morgan fingerprint density at radius 1 is 0.977 bits per heavy atom. The first-order chi connectivity index (χ1) is 21.1. The molecule has 1 amide bonds. The number of aromatic nitrogens is 4. The van der Waals surface area contributed by atoms with Crippen molar-refractivity contribution in [2.45, 2.75) is 37.8 Å². The number of fused-ring (bicyclic) bond motifs is 1. The van der Waals surface area contributed by atoms with Gasteiger partial charge in [0.25, 0.3) is 5.91 Å². The van der Waals surface area contributed by atoms with E-state index in [-0.39, 0.29) is 11.9 Å². The fraction of sp³-hybridized carbons (Fsp3) is 0.273. The molecule has 2 aromatic carbocycles. The Labute approximate surface area is 249 Å². The topological polar surface area (TPSA) is 115 Å². The van der Waals surface area contributed by atoms with E-state index in [4.69, 9.17) is 14.6 Å². The Balaban J connectivity index is 1.13. The maximum atomic E-state index is 12.9. The van der Waals surface area contributed by atoms with Crippen LogP contribution in [0.2, 0.25) is 0 Å². The van der Waals surface area contributed by atoms with E-state index < -0.39 is 0 Å². The van der Waals surface area contributed by atoms with Crippen LogP contribution in [0, 0.1) is 0 Å². The molecule has 1 aliphatic carbocycles. The second kappa shape index (κ2) is 11.7. The first kappa shape index (κ1) is 26.9. The molecular weight excluding hydrogens is 542 g/mol. The summed E-state index contributed by atoms with van der Waals surface area (Å²) in [4.78, 5) is 21.9. The number of amides is 1. The van der Waals surface area contributed by atoms with Gasteiger partial charge in [-0.15, -0.1) is 0 Å². The predicted molar refractivity (Wildman–Crippen MR) is 165 cm³/mol. The van der Waals surface area contributed by atoms with Gasteiger partial charge >= 0.3 is 0 Å². The SMILES string of the molecule is COc1ccc(Cn2nc(N[C@@H]3CCNC3)c3c(Oc4ccc(C(=O)Nc5cc(C6CC6)ccn5)cc4)ccnc32)cc1. The van der Waals surface area contributed by atoms with Crippen LogP contribution in [-0.4, -0.2) is 51.9 Å². The smallest absolute Gasteiger partial charge is 0.256 e. The molecule has 1 atom stereocenters. The molecule has 0 radical (unpaired) electrons. The lowest BCUT2D eigenvalue weighted by Gasteiger charge is -2.12. The molecule has 3 aromatic heterocycles. The molecule has 2 fully saturated rings. The predicted octanol–water partition coefficient (Wildman–Crippen LogP) is 5.58. The van der Waals surface area contributed by atoms with Crippen molar-refractivity contribution in [2.24, 2.45) is 0 Å². The fourth-order valence-corrected chi connectivity index (χ4v) is 5.42. The number of nitrogens with zero attached hydrogens (tertiary/aromatic N) is 4. The molecule has 1 saturated heterocycles. The zero-order valence-electron chi connectivity index (χ0n) is 23.9. The lowest BCUT2D eigenvalue weighted by atomic mass is 10.1. The average Bonchev–Trinajstić information content (AvgIpc) is 3.66. The molecule has 0 unspecified atom stereocenters. The van der Waals surface area contributed by atoms with E-state index in [0.29, 0.717) is 35.3 Å². The number of nitrogens with one attached hydrogen (secondary N) is 3. The van der Waals surface area contributed by atoms with Crippen LogP contribution in [0.1, 0.15) is 46.7 Å². The van der Waals surface area contributed by atoms with Gasteiger partial charge in [-0.1, -0.05) is 12.1 Å². The number of carbonyl (C=O) groups excluding carboxylic acids is 1. The molecule has 4 heterocycles. The van der Waals surface area contributed by atoms with E-state index in [1.165, 1.54) is 18.4 Å². The van der Waals surface area contributed by atoms with Crippen molar-refractivity contribution in [3.8, 4) is 17.2 Å². The molecule has 218 valence electrons. The number of carbonyl (C=O) groups is 1. The summed E-state index contributed by atoms with van der Waals surface area (Å²) in [6.45, 7) is 2.38. The highest BCUT2D eigenvalue weighted by Gasteiger charge is 2.24. The van der Waals surface area contributed by atoms with E-state index in [2.05, 4.69) is 25.9 Å². The number of benzene rings is 2. The van der Waals surface area contributed by atoms with Gasteiger partial charge in [-0.25, -0.2) is 14.6 Å². The van der Waals surface area contributed by atoms with E-state index in [1.54, 1.807) is 43.8 Å². The zero-order chi connectivity index (χ0) is 29.2. The lowest BCUT2D eigenvalue weighted by Crippen LogP contribution is -2.22. The monoisotopic (exact) mass is 575 g/mol. The van der Waals surface area contributed by atoms with Gasteiger partial charge in [0.05, 0.1) is 13.7 Å². The van der Waals surface area contributed by atoms with Crippen LogP contribution in [0.25, 0.3) is 11.0 Å². The third kappa shape index (κ3) is 6.00. The summed E-state index contributed by atoms with van der Waals surface area (Å²) in [6.07, 6.45) is 6.88. The average molecular weight is 576 g/mol. The van der Waals surface area contributed by atoms with Gasteiger partial charge in [0.2, 0.25) is 0 Å². The van der Waals surface area contributed by atoms with Crippen LogP contribution in [0.3, 0.4) is 0 Å². The number of anilines is 2. The molecule has 5 aromatic rings. The van der Waals surface area contributed by atoms with Gasteiger partial charge in [0.1, 0.15) is 28.5 Å². The molecule has 10 heteroatoms. The molecule has 1 aliphatic heterocycles. The molecule has 0 spiro atoms. The van der Waals surface area contributed by atoms with Gasteiger partial charge in [-0.2, -0.15) is 5.10 Å². The van der Waals surface area contributed by atoms with Crippen LogP contribution in [0.5, 0.6) is 17.2 Å². The van der Waals surface area contributed by atoms with Crippen LogP contribution < -0.4 is 25.4 Å². The summed E-state index contributed by atoms with van der Waals surface area (Å²) < 4.78 is 13.6. The van der Waals surface area contributed by atoms with Crippen LogP contribution in [0.4, 0.5) is 11.6 Å². The fourth-order valence-electron chi connectivity index (χ4n) is 5.42. The van der Waals surface area contributed by atoms with Gasteiger partial charge in [0.15, 0.2) is 11.5 Å². The Morgan fingerprint density at radius 2 is 1.77 bits per heavy atom. The van der Waals surface area contributed by atoms with Crippen LogP contribution in [-0.2, 0) is 6.54 Å². The van der Waals surface area contributed by atoms with Crippen molar-refractivity contribution in [3.63, 3.8) is 0 Å². The van der Waals surface area contributed by atoms with Crippen LogP contribution in [0.15, 0.2) is 79.1 Å². The first-order valence-electron chi connectivity index (χ1n) is 14.6. The van der Waals surface area contributed by atoms with Gasteiger partial charge in [0, 0.05) is 36.6 Å². The minimum absolute atomic E-state index is 0.213. The van der Waals surface area contributed by atoms with Crippen molar-refractivity contribution in [2.75, 3.05) is 30.8 Å². The number of methoxy groups -OCH3 is 1. The summed E-state index contributed by atoms with van der Waals surface area (Å²) in [7, 11) is 1.66.